The van der Waals surface area contributed by atoms with Gasteiger partial charge >= 0.3 is 5.82 Å². The molecule has 0 saturated heterocycles. The number of anilines is 1. The number of nitro groups is 1. The van der Waals surface area contributed by atoms with Crippen molar-refractivity contribution in [3.63, 3.8) is 0 Å². The highest BCUT2D eigenvalue weighted by Crippen LogP contribution is 2.23. The number of rotatable bonds is 6. The summed E-state index contributed by atoms with van der Waals surface area (Å²) in [5.74, 6) is -1.11. The summed E-state index contributed by atoms with van der Waals surface area (Å²) in [4.78, 5) is 22.7. The van der Waals surface area contributed by atoms with Crippen molar-refractivity contribution in [2.75, 3.05) is 5.32 Å². The zero-order valence-electron chi connectivity index (χ0n) is 15.0. The molecule has 3 aromatic rings. The molecule has 0 aliphatic carbocycles. The maximum atomic E-state index is 13.8. The van der Waals surface area contributed by atoms with Crippen molar-refractivity contribution in [3.05, 3.63) is 68.7 Å². The van der Waals surface area contributed by atoms with Crippen LogP contribution in [0.3, 0.4) is 0 Å². The second-order valence-corrected chi connectivity index (χ2v) is 6.53. The fourth-order valence-electron chi connectivity index (χ4n) is 2.65. The smallest absolute Gasteiger partial charge is 0.358 e. The van der Waals surface area contributed by atoms with E-state index in [2.05, 4.69) is 15.5 Å². The van der Waals surface area contributed by atoms with Crippen LogP contribution in [0, 0.1) is 22.9 Å². The van der Waals surface area contributed by atoms with Crippen LogP contribution >= 0.6 is 11.6 Å². The molecule has 146 valence electrons. The molecule has 1 atom stereocenters. The molecular formula is C17H16ClFN6O3. The van der Waals surface area contributed by atoms with E-state index in [0.717, 1.165) is 0 Å². The Morgan fingerprint density at radius 1 is 1.39 bits per heavy atom. The van der Waals surface area contributed by atoms with Crippen molar-refractivity contribution in [1.29, 1.82) is 0 Å². The zero-order chi connectivity index (χ0) is 20.4. The van der Waals surface area contributed by atoms with Gasteiger partial charge in [-0.05, 0) is 24.8 Å². The summed E-state index contributed by atoms with van der Waals surface area (Å²) in [7, 11) is 0. The number of nitrogens with one attached hydrogen (secondary N) is 1. The van der Waals surface area contributed by atoms with Crippen LogP contribution in [0.2, 0.25) is 5.02 Å². The number of hydrogen-bond donors (Lipinski definition) is 1. The van der Waals surface area contributed by atoms with Crippen molar-refractivity contribution in [3.8, 4) is 0 Å². The van der Waals surface area contributed by atoms with Gasteiger partial charge in [-0.3, -0.25) is 9.48 Å². The number of aryl methyl sites for hydroxylation is 1. The van der Waals surface area contributed by atoms with E-state index in [4.69, 9.17) is 11.6 Å². The van der Waals surface area contributed by atoms with Crippen LogP contribution in [0.1, 0.15) is 24.2 Å². The third-order valence-electron chi connectivity index (χ3n) is 4.09. The molecule has 11 heteroatoms. The molecule has 0 spiro atoms. The van der Waals surface area contributed by atoms with Gasteiger partial charge < -0.3 is 15.4 Å². The van der Waals surface area contributed by atoms with E-state index in [9.17, 15) is 19.3 Å². The first-order valence-electron chi connectivity index (χ1n) is 8.24. The largest absolute Gasteiger partial charge is 0.390 e. The van der Waals surface area contributed by atoms with Crippen molar-refractivity contribution in [2.45, 2.75) is 26.4 Å². The minimum atomic E-state index is -0.832. The summed E-state index contributed by atoms with van der Waals surface area (Å²) in [5, 5.41) is 21.6. The summed E-state index contributed by atoms with van der Waals surface area (Å²) >= 11 is 6.12. The van der Waals surface area contributed by atoms with Gasteiger partial charge in [-0.2, -0.15) is 9.78 Å². The Morgan fingerprint density at radius 3 is 2.75 bits per heavy atom. The topological polar surface area (TPSA) is 108 Å². The Kier molecular flexibility index (Phi) is 5.41. The van der Waals surface area contributed by atoms with Crippen molar-refractivity contribution >= 4 is 29.1 Å². The van der Waals surface area contributed by atoms with Crippen LogP contribution in [0.25, 0.3) is 0 Å². The van der Waals surface area contributed by atoms with Gasteiger partial charge in [0.1, 0.15) is 16.9 Å². The lowest BCUT2D eigenvalue weighted by molar-refractivity contribution is -0.389. The summed E-state index contributed by atoms with van der Waals surface area (Å²) in [6, 6.07) is 6.71. The number of benzene rings is 1. The fraction of sp³-hybridized carbons (Fsp3) is 0.235. The lowest BCUT2D eigenvalue weighted by Gasteiger charge is -2.10. The lowest BCUT2D eigenvalue weighted by Crippen LogP contribution is -2.25. The molecule has 0 fully saturated rings. The highest BCUT2D eigenvalue weighted by atomic mass is 35.5. The quantitative estimate of drug-likeness (QED) is 0.499. The second-order valence-electron chi connectivity index (χ2n) is 6.13. The molecule has 1 unspecified atom stereocenters. The van der Waals surface area contributed by atoms with Crippen LogP contribution < -0.4 is 5.32 Å². The Bertz CT molecular complexity index is 1050. The Balaban J connectivity index is 1.75. The summed E-state index contributed by atoms with van der Waals surface area (Å²) in [6.45, 7) is 3.30. The van der Waals surface area contributed by atoms with Gasteiger partial charge in [0.25, 0.3) is 5.91 Å². The van der Waals surface area contributed by atoms with Crippen LogP contribution in [0.4, 0.5) is 16.0 Å². The Hall–Kier alpha value is -3.27. The van der Waals surface area contributed by atoms with E-state index in [-0.39, 0.29) is 29.0 Å². The predicted molar refractivity (Wildman–Crippen MR) is 99.7 cm³/mol. The van der Waals surface area contributed by atoms with E-state index >= 15 is 0 Å². The highest BCUT2D eigenvalue weighted by molar-refractivity contribution is 6.33. The standard InChI is InChI=1S/C17H16ClFN6O3/c1-10-7-15(25(27)28)21-24(10)11(2)17(26)20-16-13(18)9-23(22-16)8-12-5-3-4-6-14(12)19/h3-7,9,11H,8H2,1-2H3,(H,20,22,26). The number of aromatic nitrogens is 4. The summed E-state index contributed by atoms with van der Waals surface area (Å²) in [5.41, 5.74) is 0.887. The number of amides is 1. The molecule has 0 bridgehead atoms. The average Bonchev–Trinajstić information content (AvgIpc) is 3.19. The number of nitrogens with zero attached hydrogens (tertiary/aromatic N) is 5. The van der Waals surface area contributed by atoms with Gasteiger partial charge in [-0.25, -0.2) is 4.39 Å². The van der Waals surface area contributed by atoms with Crippen LogP contribution in [-0.4, -0.2) is 30.4 Å². The zero-order valence-corrected chi connectivity index (χ0v) is 15.7. The highest BCUT2D eigenvalue weighted by Gasteiger charge is 2.25. The molecule has 0 saturated carbocycles. The van der Waals surface area contributed by atoms with Crippen molar-refractivity contribution in [1.82, 2.24) is 19.6 Å². The summed E-state index contributed by atoms with van der Waals surface area (Å²) in [6.07, 6.45) is 1.47. The van der Waals surface area contributed by atoms with E-state index in [0.29, 0.717) is 11.3 Å². The van der Waals surface area contributed by atoms with E-state index in [1.807, 2.05) is 0 Å². The molecule has 1 aromatic carbocycles. The SMILES string of the molecule is Cc1cc([N+](=O)[O-])nn1C(C)C(=O)Nc1nn(Cc2ccccc2F)cc1Cl. The average molecular weight is 407 g/mol. The third kappa shape index (κ3) is 4.01. The van der Waals surface area contributed by atoms with E-state index < -0.39 is 16.9 Å². The van der Waals surface area contributed by atoms with Crippen LogP contribution in [-0.2, 0) is 11.3 Å². The minimum absolute atomic E-state index is 0.106. The van der Waals surface area contributed by atoms with E-state index in [1.54, 1.807) is 32.0 Å². The number of hydrogen-bond acceptors (Lipinski definition) is 5. The second kappa shape index (κ2) is 7.77. The molecule has 0 aliphatic heterocycles. The normalized spacial score (nSPS) is 12.0. The molecule has 28 heavy (non-hydrogen) atoms. The first-order valence-corrected chi connectivity index (χ1v) is 8.62. The summed E-state index contributed by atoms with van der Waals surface area (Å²) < 4.78 is 16.4. The monoisotopic (exact) mass is 406 g/mol. The molecule has 3 rings (SSSR count). The van der Waals surface area contributed by atoms with Crippen molar-refractivity contribution in [2.24, 2.45) is 0 Å². The first kappa shape index (κ1) is 19.5. The predicted octanol–water partition coefficient (Wildman–Crippen LogP) is 3.34. The van der Waals surface area contributed by atoms with Gasteiger partial charge in [-0.1, -0.05) is 29.8 Å². The lowest BCUT2D eigenvalue weighted by atomic mass is 10.2. The van der Waals surface area contributed by atoms with Gasteiger partial charge in [-0.15, -0.1) is 0 Å². The van der Waals surface area contributed by atoms with Crippen LogP contribution in [0.15, 0.2) is 36.5 Å². The molecule has 1 amide bonds. The third-order valence-corrected chi connectivity index (χ3v) is 4.37. The maximum absolute atomic E-state index is 13.8. The molecule has 0 aliphatic rings. The number of carbonyl (C=O) groups excluding carboxylic acids is 1. The Morgan fingerprint density at radius 2 is 2.11 bits per heavy atom. The number of halogens is 2. The molecule has 2 heterocycles. The van der Waals surface area contributed by atoms with Gasteiger partial charge in [0, 0.05) is 11.8 Å². The number of carbonyl (C=O) groups is 1. The molecule has 0 radical (unpaired) electrons. The van der Waals surface area contributed by atoms with Crippen LogP contribution in [0.5, 0.6) is 0 Å². The van der Waals surface area contributed by atoms with E-state index in [1.165, 1.54) is 27.7 Å². The maximum Gasteiger partial charge on any atom is 0.390 e. The molecule has 9 nitrogen and oxygen atoms in total. The van der Waals surface area contributed by atoms with Gasteiger partial charge in [0.15, 0.2) is 5.82 Å². The fourth-order valence-corrected chi connectivity index (χ4v) is 2.85. The minimum Gasteiger partial charge on any atom is -0.358 e. The van der Waals surface area contributed by atoms with Gasteiger partial charge in [0.05, 0.1) is 23.4 Å². The molecular weight excluding hydrogens is 391 g/mol. The van der Waals surface area contributed by atoms with Gasteiger partial charge in [0.2, 0.25) is 0 Å². The van der Waals surface area contributed by atoms with Crippen molar-refractivity contribution < 1.29 is 14.1 Å². The molecule has 2 aromatic heterocycles. The molecule has 1 N–H and O–H groups in total. The Labute approximate surface area is 163 Å². The first-order chi connectivity index (χ1) is 13.3.